The molecule has 3 saturated carbocycles. The Kier molecular flexibility index (Phi) is 78.2. The highest BCUT2D eigenvalue weighted by atomic mass is 33.1. The molecule has 43 nitrogen and oxygen atoms in total. The average Bonchev–Trinajstić information content (AvgIpc) is 0.862. The summed E-state index contributed by atoms with van der Waals surface area (Å²) in [5.74, 6) is -5.71. The maximum atomic E-state index is 13.1. The van der Waals surface area contributed by atoms with E-state index < -0.39 is 172 Å². The molecule has 3 aliphatic carbocycles. The largest absolute Gasteiger partial charge is 0.481 e. The number of carboxylic acid groups (broad SMARTS) is 5. The zero-order chi connectivity index (χ0) is 111. The molecule has 0 aliphatic heterocycles. The van der Waals surface area contributed by atoms with Gasteiger partial charge in [0, 0.05) is 209 Å². The van der Waals surface area contributed by atoms with Gasteiger partial charge in [-0.05, 0) is 136 Å². The lowest BCUT2D eigenvalue weighted by atomic mass is 9.99. The van der Waals surface area contributed by atoms with Gasteiger partial charge in [-0.3, -0.25) is 66.1 Å². The Balaban J connectivity index is -0.00000192. The van der Waals surface area contributed by atoms with Gasteiger partial charge in [-0.1, -0.05) is 72.2 Å². The predicted octanol–water partition coefficient (Wildman–Crippen LogP) is 6.77. The van der Waals surface area contributed by atoms with E-state index in [4.69, 9.17) is 39.6 Å². The third-order valence-electron chi connectivity index (χ3n) is 17.6. The molecule has 0 aromatic heterocycles. The molecule has 144 heavy (non-hydrogen) atoms. The van der Waals surface area contributed by atoms with Crippen LogP contribution in [0.5, 0.6) is 0 Å². The number of rotatable bonds is 67. The topological polar surface area (TPSA) is 671 Å². The highest BCUT2D eigenvalue weighted by molar-refractivity contribution is 8.77. The van der Waals surface area contributed by atoms with Gasteiger partial charge in [0.15, 0.2) is 0 Å². The second kappa shape index (κ2) is 82.4. The first-order valence-electron chi connectivity index (χ1n) is 46.7. The van der Waals surface area contributed by atoms with E-state index in [1.165, 1.54) is 47.3 Å². The summed E-state index contributed by atoms with van der Waals surface area (Å²) in [6.45, 7) is 23.5. The number of thioether (sulfide) groups is 6. The van der Waals surface area contributed by atoms with E-state index in [0.29, 0.717) is 39.8 Å². The minimum absolute atomic E-state index is 0. The minimum Gasteiger partial charge on any atom is -0.481 e. The molecule has 15 unspecified atom stereocenters. The van der Waals surface area contributed by atoms with Crippen LogP contribution in [0.4, 0.5) is 19.2 Å². The van der Waals surface area contributed by atoms with Gasteiger partial charge in [0.25, 0.3) is 0 Å². The Bertz CT molecular complexity index is 3960. The minimum atomic E-state index is -1.32. The van der Waals surface area contributed by atoms with Crippen molar-refractivity contribution in [2.45, 2.75) is 258 Å². The zero-order valence-corrected chi connectivity index (χ0v) is 96.4. The lowest BCUT2D eigenvalue weighted by molar-refractivity contribution is -0.141. The number of carbonyl (C=O) groups is 19. The number of Topliss-reactive ketones (excluding diaryl/α,β-unsaturated/α-hetero) is 3. The summed E-state index contributed by atoms with van der Waals surface area (Å²) in [6.07, 6.45) is 1.80. The lowest BCUT2D eigenvalue weighted by Crippen LogP contribution is -2.50. The highest BCUT2D eigenvalue weighted by Gasteiger charge is 2.36. The standard InChI is InChI=1S/C29H48N6O9P2S4.C25H46N4O7S4.C16H28N2O8S2.C8H18N2S2.C7H11NO4P.CH4/c1-30-8-10-47-22-2-3-23(22)48-11-9-31-28(42)20(34-26(40)6-4-24(38)32-12-18(36)14-45)16-49-50-17-21(29(43)44)35-27(41)7-5-25(39)33-13-19(37)15-46;1-24(2,3)35-22(33)28-16(14-39-40-15-17(21(31)32)29-23(34)36-25(4,5)6)20(30)27-11-13-38-19-9-8-18(19)37-12-10-26-7;1-15(2,3)25-13(23)17-9(11(19)20)7-27-28-8-10(12(21)22)18-14(24)26-16(4,5)6;9-3-5-11-7-1-2-8(7)12-6-4-10;9-5(4-13)3-8-6(10)1-2-7(11)12;/h14-15,20-23,30H,2-13,16-17,45-46H2,1H3,(H,31,42)(H,32,38)(H,33,39)(H,34,40)(H,35,41)(H,43,44);16-19,26H,8-15H2,1-7H3,(H,27,30)(H,28,33)(H,29,34)(H,31,32);9-10H,7-8H2,1-6H3,(H,17,23)(H,18,24)(H,19,20)(H,21,22);7-8H,1-6,9-10H2;4H,1-3,13H2,(H,8,10)(H,11,12);1H4/q-2;;;;-1;/i14T,15T;;;;4T;. The third-order valence-corrected chi connectivity index (χ3v) is 35.1. The molecule has 0 heterocycles. The fourth-order valence-electron chi connectivity index (χ4n) is 10.3. The van der Waals surface area contributed by atoms with Crippen molar-refractivity contribution >= 4 is 276 Å². The van der Waals surface area contributed by atoms with Gasteiger partial charge in [-0.25, -0.2) is 38.4 Å². The van der Waals surface area contributed by atoms with Crippen molar-refractivity contribution in [2.24, 2.45) is 11.5 Å². The summed E-state index contributed by atoms with van der Waals surface area (Å²) < 4.78 is 41.8. The summed E-state index contributed by atoms with van der Waals surface area (Å²) in [6, 6.07) is -6.83. The van der Waals surface area contributed by atoms with Gasteiger partial charge >= 0.3 is 54.2 Å². The Morgan fingerprint density at radius 1 is 0.326 bits per heavy atom. The number of amides is 11. The number of carbonyl (C=O) groups excluding carboxylic acids is 14. The predicted molar refractivity (Wildman–Crippen MR) is 597 cm³/mol. The average molecular weight is 2330 g/mol. The van der Waals surface area contributed by atoms with Crippen molar-refractivity contribution in [3.05, 3.63) is 18.4 Å². The van der Waals surface area contributed by atoms with E-state index in [-0.39, 0.29) is 118 Å². The van der Waals surface area contributed by atoms with Crippen LogP contribution in [0.25, 0.3) is 0 Å². The normalized spacial score (nSPS) is 16.9. The van der Waals surface area contributed by atoms with Gasteiger partial charge in [-0.2, -0.15) is 74.7 Å². The van der Waals surface area contributed by atoms with Crippen LogP contribution in [-0.4, -0.2) is 371 Å². The molecule has 22 N–H and O–H groups in total. The summed E-state index contributed by atoms with van der Waals surface area (Å²) in [5, 5.41) is 83.0. The first-order valence-corrected chi connectivity index (χ1v) is 60.7. The van der Waals surface area contributed by atoms with E-state index >= 15 is 0 Å². The van der Waals surface area contributed by atoms with E-state index in [1.54, 1.807) is 94.8 Å². The molecule has 3 aliphatic rings. The van der Waals surface area contributed by atoms with E-state index in [0.717, 1.165) is 121 Å². The quantitative estimate of drug-likeness (QED) is 0.00982. The van der Waals surface area contributed by atoms with Crippen LogP contribution in [0.3, 0.4) is 0 Å². The highest BCUT2D eigenvalue weighted by Crippen LogP contribution is 2.42. The van der Waals surface area contributed by atoms with Crippen LogP contribution in [0.2, 0.25) is 0 Å². The molecule has 0 aromatic carbocycles. The Morgan fingerprint density at radius 3 is 0.757 bits per heavy atom. The first kappa shape index (κ1) is 137. The van der Waals surface area contributed by atoms with E-state index in [1.807, 2.05) is 101 Å². The van der Waals surface area contributed by atoms with Crippen LogP contribution in [-0.2, 0) is 90.9 Å². The van der Waals surface area contributed by atoms with Crippen LogP contribution >= 0.6 is 163 Å². The second-order valence-electron chi connectivity index (χ2n) is 34.6. The van der Waals surface area contributed by atoms with Crippen molar-refractivity contribution in [3.8, 4) is 0 Å². The summed E-state index contributed by atoms with van der Waals surface area (Å²) in [4.78, 5) is 223. The van der Waals surface area contributed by atoms with Crippen molar-refractivity contribution < 1.29 is 140 Å². The fraction of sp³-hybridized carbons (Fsp3) is 0.744. The number of ether oxygens (including phenoxy) is 4. The van der Waals surface area contributed by atoms with Crippen LogP contribution in [0.15, 0.2) is 0 Å². The van der Waals surface area contributed by atoms with E-state index in [9.17, 15) is 112 Å². The number of nitrogens with one attached hydrogen (secondary N) is 13. The fourth-order valence-corrected chi connectivity index (χ4v) is 26.0. The molecule has 58 heteroatoms. The van der Waals surface area contributed by atoms with Crippen molar-refractivity contribution in [3.63, 3.8) is 0 Å². The number of alkyl carbamates (subject to hydrolysis) is 4. The second-order valence-corrected chi connectivity index (χ2v) is 51.2. The molecule has 0 aromatic rings. The lowest BCUT2D eigenvalue weighted by Gasteiger charge is -2.35. The van der Waals surface area contributed by atoms with Crippen molar-refractivity contribution in [1.29, 1.82) is 0 Å². The van der Waals surface area contributed by atoms with Crippen LogP contribution in [0, 0.1) is 18.4 Å². The Morgan fingerprint density at radius 2 is 0.535 bits per heavy atom. The van der Waals surface area contributed by atoms with Crippen LogP contribution < -0.4 is 80.6 Å². The summed E-state index contributed by atoms with van der Waals surface area (Å²) in [7, 11) is 16.2. The van der Waals surface area contributed by atoms with Gasteiger partial charge in [-0.15, -0.1) is 0 Å². The maximum Gasteiger partial charge on any atom is 0.408 e. The number of aliphatic carboxylic acids is 5. The number of carboxylic acids is 5. The molecule has 0 radical (unpaired) electrons. The smallest absolute Gasteiger partial charge is 0.408 e. The molecule has 3 fully saturated rings. The molecule has 11 amide bonds. The first-order chi connectivity index (χ1) is 68.2. The molecule has 3 rings (SSSR count). The zero-order valence-electron chi connectivity index (χ0n) is 86.2. The molecule has 0 spiro atoms. The van der Waals surface area contributed by atoms with Gasteiger partial charge in [0.2, 0.25) is 41.4 Å². The molecule has 832 valence electrons. The molecule has 15 atom stereocenters. The number of nitrogens with two attached hydrogens (primary N) is 2. The molecule has 0 bridgehead atoms. The van der Waals surface area contributed by atoms with Gasteiger partial charge < -0.3 is 158 Å². The maximum absolute atomic E-state index is 13.1. The van der Waals surface area contributed by atoms with E-state index in [2.05, 4.69) is 69.1 Å². The Labute approximate surface area is 907 Å². The number of hydrogen-bond acceptors (Lipinski definition) is 39. The van der Waals surface area contributed by atoms with Gasteiger partial charge in [0.1, 0.15) is 58.7 Å². The molecular formula is C86H155N15O28P3S12-3. The monoisotopic (exact) mass is 2330 g/mol. The van der Waals surface area contributed by atoms with Gasteiger partial charge in [0.05, 0.1) is 6.42 Å². The number of hydrogen-bond donors (Lipinski definition) is 20. The van der Waals surface area contributed by atoms with Crippen molar-refractivity contribution in [1.82, 2.24) is 69.1 Å². The molecular weight excluding hydrogens is 2170 g/mol. The van der Waals surface area contributed by atoms with Crippen molar-refractivity contribution in [2.75, 3.05) is 142 Å². The summed E-state index contributed by atoms with van der Waals surface area (Å²) >= 11 is 11.7. The SMILES string of the molecule is C.CC(C)(C)OC(=O)NC(CSSCC(NC(=O)OC(C)(C)C)C(=O)O)C(=O)O.CNCCSC1CCC1SCCNC(=O)C(CSSCC(NC(=O)OC(C)(C)C)C(=O)O)NC(=O)OC(C)(C)C.NCCSC1CCC1SCCN.[3H][C-](P)C(=O)CNC(=O)CCC(=O)NC(CSSCC(NC(=O)CCC(=O)NCC(=O)[C-]([3H])P)C(=O)NCCSC1CCC1SCCNC)C(=O)O.[3H][C-](P)C(=O)CNC(=O)CCC(=O)O. The number of ketones is 3. The Hall–Kier alpha value is -5.33. The third kappa shape index (κ3) is 78.8. The van der Waals surface area contributed by atoms with Crippen LogP contribution in [0.1, 0.15) is 172 Å². The summed E-state index contributed by atoms with van der Waals surface area (Å²) in [5.41, 5.74) is 7.89. The molecule has 0 saturated heterocycles.